The maximum atomic E-state index is 12.0. The van der Waals surface area contributed by atoms with Crippen LogP contribution >= 0.6 is 0 Å². The number of carbonyl (C=O) groups excluding carboxylic acids is 2. The summed E-state index contributed by atoms with van der Waals surface area (Å²) in [5.74, 6) is -1.19. The number of rotatable bonds is 8. The van der Waals surface area contributed by atoms with E-state index in [2.05, 4.69) is 0 Å². The predicted octanol–water partition coefficient (Wildman–Crippen LogP) is 3.27. The van der Waals surface area contributed by atoms with Crippen molar-refractivity contribution in [3.63, 3.8) is 0 Å². The quantitative estimate of drug-likeness (QED) is 0.689. The molecule has 0 aliphatic rings. The summed E-state index contributed by atoms with van der Waals surface area (Å²) in [6.45, 7) is 3.51. The molecule has 5 heteroatoms. The SMILES string of the molecule is C[C@H](OCc1ccccc1)C(=O)O[C@@H](C)C(=O)OCc1ccccc1. The molecule has 0 bridgehead atoms. The fraction of sp³-hybridized carbons (Fsp3) is 0.300. The first-order valence-electron chi connectivity index (χ1n) is 8.13. The molecule has 0 unspecified atom stereocenters. The van der Waals surface area contributed by atoms with Crippen molar-refractivity contribution in [2.45, 2.75) is 39.3 Å². The topological polar surface area (TPSA) is 61.8 Å². The van der Waals surface area contributed by atoms with Gasteiger partial charge in [-0.3, -0.25) is 0 Å². The van der Waals surface area contributed by atoms with Gasteiger partial charge in [0.2, 0.25) is 0 Å². The Morgan fingerprint density at radius 1 is 0.760 bits per heavy atom. The van der Waals surface area contributed by atoms with E-state index >= 15 is 0 Å². The zero-order valence-corrected chi connectivity index (χ0v) is 14.4. The van der Waals surface area contributed by atoms with E-state index in [-0.39, 0.29) is 6.61 Å². The largest absolute Gasteiger partial charge is 0.458 e. The third-order valence-electron chi connectivity index (χ3n) is 3.52. The summed E-state index contributed by atoms with van der Waals surface area (Å²) in [7, 11) is 0. The maximum absolute atomic E-state index is 12.0. The molecule has 25 heavy (non-hydrogen) atoms. The smallest absolute Gasteiger partial charge is 0.347 e. The maximum Gasteiger partial charge on any atom is 0.347 e. The van der Waals surface area contributed by atoms with E-state index < -0.39 is 24.1 Å². The average molecular weight is 342 g/mol. The van der Waals surface area contributed by atoms with Gasteiger partial charge in [0.25, 0.3) is 0 Å². The lowest BCUT2D eigenvalue weighted by atomic mass is 10.2. The lowest BCUT2D eigenvalue weighted by molar-refractivity contribution is -0.174. The fourth-order valence-corrected chi connectivity index (χ4v) is 2.03. The van der Waals surface area contributed by atoms with Gasteiger partial charge in [0, 0.05) is 0 Å². The van der Waals surface area contributed by atoms with Gasteiger partial charge in [-0.1, -0.05) is 60.7 Å². The van der Waals surface area contributed by atoms with Crippen molar-refractivity contribution < 1.29 is 23.8 Å². The minimum Gasteiger partial charge on any atom is -0.458 e. The van der Waals surface area contributed by atoms with Crippen LogP contribution in [-0.2, 0) is 37.0 Å². The van der Waals surface area contributed by atoms with Crippen molar-refractivity contribution in [2.24, 2.45) is 0 Å². The molecule has 2 rings (SSSR count). The number of carbonyl (C=O) groups is 2. The Labute approximate surface area is 147 Å². The molecule has 0 aliphatic carbocycles. The van der Waals surface area contributed by atoms with E-state index in [0.717, 1.165) is 11.1 Å². The Kier molecular flexibility index (Phi) is 7.16. The standard InChI is InChI=1S/C20H22O5/c1-15(23-13-17-9-5-3-6-10-17)20(22)25-16(2)19(21)24-14-18-11-7-4-8-12-18/h3-12,15-16H,13-14H2,1-2H3/t15-,16-/m0/s1. The first kappa shape index (κ1) is 18.7. The van der Waals surface area contributed by atoms with Crippen molar-refractivity contribution in [3.8, 4) is 0 Å². The molecule has 0 heterocycles. The number of hydrogen-bond donors (Lipinski definition) is 0. The van der Waals surface area contributed by atoms with Crippen LogP contribution in [0, 0.1) is 0 Å². The van der Waals surface area contributed by atoms with Gasteiger partial charge in [0.15, 0.2) is 12.2 Å². The first-order chi connectivity index (χ1) is 12.1. The van der Waals surface area contributed by atoms with E-state index in [9.17, 15) is 9.59 Å². The minimum atomic E-state index is -0.987. The third-order valence-corrected chi connectivity index (χ3v) is 3.52. The Morgan fingerprint density at radius 2 is 1.28 bits per heavy atom. The van der Waals surface area contributed by atoms with Crippen LogP contribution in [0.2, 0.25) is 0 Å². The van der Waals surface area contributed by atoms with E-state index in [1.807, 2.05) is 60.7 Å². The molecule has 0 saturated carbocycles. The van der Waals surface area contributed by atoms with E-state index in [4.69, 9.17) is 14.2 Å². The second-order valence-electron chi connectivity index (χ2n) is 5.61. The van der Waals surface area contributed by atoms with Crippen LogP contribution in [0.5, 0.6) is 0 Å². The van der Waals surface area contributed by atoms with Gasteiger partial charge in [-0.05, 0) is 25.0 Å². The van der Waals surface area contributed by atoms with Gasteiger partial charge in [-0.15, -0.1) is 0 Å². The van der Waals surface area contributed by atoms with E-state index in [0.29, 0.717) is 6.61 Å². The molecule has 0 spiro atoms. The van der Waals surface area contributed by atoms with Gasteiger partial charge in [0.05, 0.1) is 6.61 Å². The van der Waals surface area contributed by atoms with Crippen molar-refractivity contribution in [1.82, 2.24) is 0 Å². The monoisotopic (exact) mass is 342 g/mol. The van der Waals surface area contributed by atoms with Crippen molar-refractivity contribution in [2.75, 3.05) is 0 Å². The van der Waals surface area contributed by atoms with Crippen LogP contribution < -0.4 is 0 Å². The zero-order valence-electron chi connectivity index (χ0n) is 14.4. The van der Waals surface area contributed by atoms with Crippen molar-refractivity contribution >= 4 is 11.9 Å². The Balaban J connectivity index is 1.73. The summed E-state index contributed by atoms with van der Waals surface area (Å²) < 4.78 is 15.7. The van der Waals surface area contributed by atoms with Crippen LogP contribution in [-0.4, -0.2) is 24.1 Å². The molecule has 0 fully saturated rings. The minimum absolute atomic E-state index is 0.141. The molecular weight excluding hydrogens is 320 g/mol. The molecule has 0 amide bonds. The highest BCUT2D eigenvalue weighted by Gasteiger charge is 2.23. The Hall–Kier alpha value is -2.66. The molecule has 0 saturated heterocycles. The van der Waals surface area contributed by atoms with Gasteiger partial charge in [-0.2, -0.15) is 0 Å². The van der Waals surface area contributed by atoms with E-state index in [1.165, 1.54) is 6.92 Å². The summed E-state index contributed by atoms with van der Waals surface area (Å²) in [6.07, 6.45) is -1.76. The summed E-state index contributed by atoms with van der Waals surface area (Å²) in [5.41, 5.74) is 1.83. The normalized spacial score (nSPS) is 12.9. The Morgan fingerprint density at radius 3 is 1.84 bits per heavy atom. The highest BCUT2D eigenvalue weighted by molar-refractivity contribution is 5.80. The van der Waals surface area contributed by atoms with Crippen LogP contribution in [0.1, 0.15) is 25.0 Å². The average Bonchev–Trinajstić information content (AvgIpc) is 2.65. The first-order valence-corrected chi connectivity index (χ1v) is 8.13. The summed E-state index contributed by atoms with van der Waals surface area (Å²) in [5, 5.41) is 0. The highest BCUT2D eigenvalue weighted by Crippen LogP contribution is 2.07. The fourth-order valence-electron chi connectivity index (χ4n) is 2.03. The van der Waals surface area contributed by atoms with Gasteiger partial charge in [0.1, 0.15) is 6.61 Å². The summed E-state index contributed by atoms with van der Waals surface area (Å²) >= 11 is 0. The molecule has 0 aromatic heterocycles. The van der Waals surface area contributed by atoms with Crippen LogP contribution in [0.4, 0.5) is 0 Å². The van der Waals surface area contributed by atoms with Crippen LogP contribution in [0.25, 0.3) is 0 Å². The Bertz CT molecular complexity index is 669. The molecule has 5 nitrogen and oxygen atoms in total. The molecule has 2 atom stereocenters. The van der Waals surface area contributed by atoms with Crippen LogP contribution in [0.3, 0.4) is 0 Å². The van der Waals surface area contributed by atoms with Gasteiger partial charge >= 0.3 is 11.9 Å². The molecule has 2 aromatic carbocycles. The summed E-state index contributed by atoms with van der Waals surface area (Å²) in [4.78, 5) is 23.9. The molecule has 0 radical (unpaired) electrons. The predicted molar refractivity (Wildman–Crippen MR) is 92.5 cm³/mol. The molecule has 132 valence electrons. The number of hydrogen-bond acceptors (Lipinski definition) is 5. The molecule has 0 N–H and O–H groups in total. The second-order valence-corrected chi connectivity index (χ2v) is 5.61. The van der Waals surface area contributed by atoms with Crippen molar-refractivity contribution in [1.29, 1.82) is 0 Å². The molecule has 0 aliphatic heterocycles. The van der Waals surface area contributed by atoms with Gasteiger partial charge < -0.3 is 14.2 Å². The molecular formula is C20H22O5. The summed E-state index contributed by atoms with van der Waals surface area (Å²) in [6, 6.07) is 18.8. The lowest BCUT2D eigenvalue weighted by Gasteiger charge is -2.16. The van der Waals surface area contributed by atoms with Crippen molar-refractivity contribution in [3.05, 3.63) is 71.8 Å². The van der Waals surface area contributed by atoms with Crippen LogP contribution in [0.15, 0.2) is 60.7 Å². The third kappa shape index (κ3) is 6.39. The number of ether oxygens (including phenoxy) is 3. The zero-order chi connectivity index (χ0) is 18.1. The van der Waals surface area contributed by atoms with E-state index in [1.54, 1.807) is 6.92 Å². The highest BCUT2D eigenvalue weighted by atomic mass is 16.6. The molecule has 2 aromatic rings. The van der Waals surface area contributed by atoms with Gasteiger partial charge in [-0.25, -0.2) is 9.59 Å². The number of esters is 2. The number of benzene rings is 2. The second kappa shape index (κ2) is 9.59. The lowest BCUT2D eigenvalue weighted by Crippen LogP contribution is -2.32.